The monoisotopic (exact) mass is 334 g/mol. The molecule has 1 aromatic rings. The molecule has 0 spiro atoms. The van der Waals surface area contributed by atoms with Crippen molar-refractivity contribution in [3.8, 4) is 5.75 Å². The molecular formula is C17H22N2O5. The zero-order valence-corrected chi connectivity index (χ0v) is 13.6. The third-order valence-corrected chi connectivity index (χ3v) is 3.98. The minimum Gasteiger partial charge on any atom is -0.479 e. The maximum atomic E-state index is 12.1. The van der Waals surface area contributed by atoms with Crippen molar-refractivity contribution >= 4 is 17.8 Å². The van der Waals surface area contributed by atoms with E-state index in [4.69, 9.17) is 15.2 Å². The van der Waals surface area contributed by atoms with Crippen molar-refractivity contribution in [2.45, 2.75) is 25.9 Å². The van der Waals surface area contributed by atoms with Gasteiger partial charge in [-0.15, -0.1) is 0 Å². The highest BCUT2D eigenvalue weighted by Crippen LogP contribution is 2.17. The quantitative estimate of drug-likeness (QED) is 0.773. The summed E-state index contributed by atoms with van der Waals surface area (Å²) in [5.41, 5.74) is 5.26. The second-order valence-corrected chi connectivity index (χ2v) is 5.74. The first-order valence-corrected chi connectivity index (χ1v) is 7.93. The molecule has 0 radical (unpaired) electrons. The number of esters is 1. The summed E-state index contributed by atoms with van der Waals surface area (Å²) in [4.78, 5) is 36.6. The largest absolute Gasteiger partial charge is 0.479 e. The summed E-state index contributed by atoms with van der Waals surface area (Å²) >= 11 is 0. The molecule has 0 aromatic heterocycles. The Bertz CT molecular complexity index is 582. The van der Waals surface area contributed by atoms with Gasteiger partial charge in [0.25, 0.3) is 5.91 Å². The van der Waals surface area contributed by atoms with Gasteiger partial charge in [-0.1, -0.05) is 18.2 Å². The van der Waals surface area contributed by atoms with Crippen LogP contribution in [0.5, 0.6) is 5.75 Å². The average Bonchev–Trinajstić information content (AvgIpc) is 2.60. The molecule has 1 aliphatic heterocycles. The normalized spacial score (nSPS) is 16.3. The van der Waals surface area contributed by atoms with E-state index >= 15 is 0 Å². The first-order valence-electron chi connectivity index (χ1n) is 7.93. The Morgan fingerprint density at radius 3 is 2.42 bits per heavy atom. The van der Waals surface area contributed by atoms with E-state index in [1.165, 1.54) is 0 Å². The summed E-state index contributed by atoms with van der Waals surface area (Å²) in [7, 11) is 0. The van der Waals surface area contributed by atoms with Crippen LogP contribution in [0.3, 0.4) is 0 Å². The van der Waals surface area contributed by atoms with Crippen molar-refractivity contribution < 1.29 is 23.9 Å². The van der Waals surface area contributed by atoms with Gasteiger partial charge >= 0.3 is 5.97 Å². The van der Waals surface area contributed by atoms with Gasteiger partial charge in [-0.05, 0) is 31.9 Å². The fourth-order valence-electron chi connectivity index (χ4n) is 2.51. The number of ether oxygens (including phenoxy) is 2. The van der Waals surface area contributed by atoms with Crippen LogP contribution in [-0.4, -0.2) is 48.5 Å². The SMILES string of the molecule is C[C@@H](Oc1ccccc1)C(=O)OCC(=O)N1CCC(C(N)=O)CC1. The first kappa shape index (κ1) is 17.8. The number of nitrogens with two attached hydrogens (primary N) is 1. The molecule has 2 rings (SSSR count). The highest BCUT2D eigenvalue weighted by Gasteiger charge is 2.27. The van der Waals surface area contributed by atoms with Crippen LogP contribution in [0.15, 0.2) is 30.3 Å². The minimum atomic E-state index is -0.805. The molecule has 7 nitrogen and oxygen atoms in total. The Labute approximate surface area is 140 Å². The van der Waals surface area contributed by atoms with Gasteiger partial charge in [0.1, 0.15) is 5.75 Å². The van der Waals surface area contributed by atoms with Crippen LogP contribution < -0.4 is 10.5 Å². The van der Waals surface area contributed by atoms with E-state index in [1.54, 1.807) is 36.1 Å². The standard InChI is InChI=1S/C17H22N2O5/c1-12(24-14-5-3-2-4-6-14)17(22)23-11-15(20)19-9-7-13(8-10-19)16(18)21/h2-6,12-13H,7-11H2,1H3,(H2,18,21)/t12-/m1/s1. The number of primary amides is 1. The van der Waals surface area contributed by atoms with E-state index in [1.807, 2.05) is 6.07 Å². The van der Waals surface area contributed by atoms with Gasteiger partial charge < -0.3 is 20.1 Å². The van der Waals surface area contributed by atoms with Crippen molar-refractivity contribution in [3.05, 3.63) is 30.3 Å². The van der Waals surface area contributed by atoms with E-state index in [9.17, 15) is 14.4 Å². The van der Waals surface area contributed by atoms with Crippen molar-refractivity contribution in [1.29, 1.82) is 0 Å². The van der Waals surface area contributed by atoms with Crippen LogP contribution in [0.4, 0.5) is 0 Å². The van der Waals surface area contributed by atoms with Gasteiger partial charge in [0.05, 0.1) is 0 Å². The number of para-hydroxylation sites is 1. The van der Waals surface area contributed by atoms with E-state index in [0.717, 1.165) is 0 Å². The van der Waals surface area contributed by atoms with Crippen LogP contribution in [0.1, 0.15) is 19.8 Å². The summed E-state index contributed by atoms with van der Waals surface area (Å²) in [5, 5.41) is 0. The predicted octanol–water partition coefficient (Wildman–Crippen LogP) is 0.721. The molecule has 1 aromatic carbocycles. The number of likely N-dealkylation sites (tertiary alicyclic amines) is 1. The zero-order chi connectivity index (χ0) is 17.5. The first-order chi connectivity index (χ1) is 11.5. The third kappa shape index (κ3) is 4.97. The lowest BCUT2D eigenvalue weighted by atomic mass is 9.96. The summed E-state index contributed by atoms with van der Waals surface area (Å²) in [6, 6.07) is 8.91. The van der Waals surface area contributed by atoms with E-state index in [0.29, 0.717) is 31.7 Å². The van der Waals surface area contributed by atoms with E-state index < -0.39 is 12.1 Å². The lowest BCUT2D eigenvalue weighted by molar-refractivity contribution is -0.157. The molecule has 2 amide bonds. The molecule has 1 fully saturated rings. The molecule has 24 heavy (non-hydrogen) atoms. The van der Waals surface area contributed by atoms with Gasteiger partial charge in [0, 0.05) is 19.0 Å². The minimum absolute atomic E-state index is 0.184. The number of benzene rings is 1. The Balaban J connectivity index is 1.73. The molecule has 0 bridgehead atoms. The summed E-state index contributed by atoms with van der Waals surface area (Å²) in [6.07, 6.45) is 0.284. The summed E-state index contributed by atoms with van der Waals surface area (Å²) < 4.78 is 10.5. The molecule has 0 saturated carbocycles. The van der Waals surface area contributed by atoms with Gasteiger partial charge in [-0.2, -0.15) is 0 Å². The van der Waals surface area contributed by atoms with Gasteiger partial charge in [-0.3, -0.25) is 9.59 Å². The highest BCUT2D eigenvalue weighted by atomic mass is 16.6. The van der Waals surface area contributed by atoms with Crippen LogP contribution in [-0.2, 0) is 19.1 Å². The number of carbonyl (C=O) groups is 3. The van der Waals surface area contributed by atoms with E-state index in [2.05, 4.69) is 0 Å². The molecule has 7 heteroatoms. The Morgan fingerprint density at radius 1 is 1.21 bits per heavy atom. The molecule has 1 saturated heterocycles. The van der Waals surface area contributed by atoms with Crippen molar-refractivity contribution in [2.75, 3.05) is 19.7 Å². The summed E-state index contributed by atoms with van der Waals surface area (Å²) in [5.74, 6) is -0.837. The molecular weight excluding hydrogens is 312 g/mol. The van der Waals surface area contributed by atoms with Gasteiger partial charge in [0.15, 0.2) is 12.7 Å². The highest BCUT2D eigenvalue weighted by molar-refractivity contribution is 5.82. The molecule has 130 valence electrons. The fourth-order valence-corrected chi connectivity index (χ4v) is 2.51. The topological polar surface area (TPSA) is 98.9 Å². The second-order valence-electron chi connectivity index (χ2n) is 5.74. The second kappa shape index (κ2) is 8.33. The van der Waals surface area contributed by atoms with Crippen LogP contribution >= 0.6 is 0 Å². The number of hydrogen-bond donors (Lipinski definition) is 1. The maximum Gasteiger partial charge on any atom is 0.347 e. The Kier molecular flexibility index (Phi) is 6.17. The van der Waals surface area contributed by atoms with Crippen molar-refractivity contribution in [3.63, 3.8) is 0 Å². The van der Waals surface area contributed by atoms with Gasteiger partial charge in [-0.25, -0.2) is 4.79 Å². The predicted molar refractivity (Wildman–Crippen MR) is 86.0 cm³/mol. The lowest BCUT2D eigenvalue weighted by Gasteiger charge is -2.30. The van der Waals surface area contributed by atoms with Crippen LogP contribution in [0, 0.1) is 5.92 Å². The smallest absolute Gasteiger partial charge is 0.347 e. The molecule has 0 aliphatic carbocycles. The number of hydrogen-bond acceptors (Lipinski definition) is 5. The molecule has 1 aliphatic rings. The zero-order valence-electron chi connectivity index (χ0n) is 13.6. The number of amides is 2. The Morgan fingerprint density at radius 2 is 1.83 bits per heavy atom. The molecule has 1 atom stereocenters. The van der Waals surface area contributed by atoms with Crippen LogP contribution in [0.25, 0.3) is 0 Å². The number of carbonyl (C=O) groups excluding carboxylic acids is 3. The van der Waals surface area contributed by atoms with Crippen molar-refractivity contribution in [2.24, 2.45) is 11.7 Å². The van der Waals surface area contributed by atoms with Crippen LogP contribution in [0.2, 0.25) is 0 Å². The molecule has 1 heterocycles. The fraction of sp³-hybridized carbons (Fsp3) is 0.471. The summed E-state index contributed by atoms with van der Waals surface area (Å²) in [6.45, 7) is 2.13. The van der Waals surface area contributed by atoms with Crippen molar-refractivity contribution in [1.82, 2.24) is 4.90 Å². The van der Waals surface area contributed by atoms with E-state index in [-0.39, 0.29) is 24.3 Å². The molecule has 0 unspecified atom stereocenters. The lowest BCUT2D eigenvalue weighted by Crippen LogP contribution is -2.43. The molecule has 2 N–H and O–H groups in total. The average molecular weight is 334 g/mol. The third-order valence-electron chi connectivity index (χ3n) is 3.98. The van der Waals surface area contributed by atoms with Gasteiger partial charge in [0.2, 0.25) is 5.91 Å². The Hall–Kier alpha value is -2.57. The number of piperidine rings is 1. The number of nitrogens with zero attached hydrogens (tertiary/aromatic N) is 1. The maximum absolute atomic E-state index is 12.1. The number of rotatable bonds is 6.